The Bertz CT molecular complexity index is 766. The van der Waals surface area contributed by atoms with Crippen LogP contribution in [0.2, 0.25) is 0 Å². The van der Waals surface area contributed by atoms with E-state index in [9.17, 15) is 4.79 Å². The molecule has 92 valence electrons. The number of rotatable bonds is 2. The molecule has 3 N–H and O–H groups in total. The van der Waals surface area contributed by atoms with Gasteiger partial charge >= 0.3 is 5.76 Å². The molecule has 0 bridgehead atoms. The normalized spacial score (nSPS) is 11.2. The third kappa shape index (κ3) is 1.46. The van der Waals surface area contributed by atoms with Crippen molar-refractivity contribution in [2.75, 3.05) is 0 Å². The molecule has 0 amide bonds. The van der Waals surface area contributed by atoms with Crippen molar-refractivity contribution in [3.8, 4) is 11.1 Å². The fourth-order valence-corrected chi connectivity index (χ4v) is 2.01. The highest BCUT2D eigenvalue weighted by molar-refractivity contribution is 5.81. The molecule has 0 radical (unpaired) electrons. The number of nitrogens with two attached hydrogens (primary N) is 1. The van der Waals surface area contributed by atoms with Gasteiger partial charge in [0.1, 0.15) is 0 Å². The second-order valence-corrected chi connectivity index (χ2v) is 4.08. The quantitative estimate of drug-likeness (QED) is 0.703. The van der Waals surface area contributed by atoms with Crippen molar-refractivity contribution in [1.82, 2.24) is 14.8 Å². The first kappa shape index (κ1) is 10.8. The number of nitrogens with one attached hydrogen (secondary N) is 1. The summed E-state index contributed by atoms with van der Waals surface area (Å²) in [4.78, 5) is 11.4. The van der Waals surface area contributed by atoms with Gasteiger partial charge in [-0.3, -0.25) is 9.67 Å². The Morgan fingerprint density at radius 1 is 1.50 bits per heavy atom. The van der Waals surface area contributed by atoms with Gasteiger partial charge in [0.25, 0.3) is 0 Å². The molecule has 0 aliphatic heterocycles. The van der Waals surface area contributed by atoms with Crippen LogP contribution in [0, 0.1) is 0 Å². The zero-order valence-electron chi connectivity index (χ0n) is 9.80. The second kappa shape index (κ2) is 3.85. The predicted octanol–water partition coefficient (Wildman–Crippen LogP) is 0.980. The minimum atomic E-state index is -0.367. The minimum Gasteiger partial charge on any atom is -0.408 e. The molecule has 0 saturated heterocycles. The summed E-state index contributed by atoms with van der Waals surface area (Å²) in [6, 6.07) is 5.55. The van der Waals surface area contributed by atoms with Gasteiger partial charge in [-0.25, -0.2) is 4.79 Å². The van der Waals surface area contributed by atoms with Crippen molar-refractivity contribution < 1.29 is 4.42 Å². The fourth-order valence-electron chi connectivity index (χ4n) is 2.01. The highest BCUT2D eigenvalue weighted by Gasteiger charge is 2.10. The van der Waals surface area contributed by atoms with E-state index in [1.54, 1.807) is 19.3 Å². The maximum absolute atomic E-state index is 11.4. The molecule has 6 nitrogen and oxygen atoms in total. The number of fused-ring (bicyclic) bond motifs is 1. The Hall–Kier alpha value is -2.34. The summed E-state index contributed by atoms with van der Waals surface area (Å²) in [5.74, 6) is -0.367. The van der Waals surface area contributed by atoms with Crippen molar-refractivity contribution in [1.29, 1.82) is 0 Å². The van der Waals surface area contributed by atoms with Crippen LogP contribution in [0.25, 0.3) is 22.2 Å². The number of aryl methyl sites for hydroxylation is 1. The van der Waals surface area contributed by atoms with Crippen molar-refractivity contribution in [3.05, 3.63) is 40.6 Å². The number of hydrogen-bond donors (Lipinski definition) is 2. The summed E-state index contributed by atoms with van der Waals surface area (Å²) >= 11 is 0. The lowest BCUT2D eigenvalue weighted by Crippen LogP contribution is -2.08. The van der Waals surface area contributed by atoms with E-state index < -0.39 is 0 Å². The lowest BCUT2D eigenvalue weighted by molar-refractivity contribution is 0.528. The maximum atomic E-state index is 11.4. The van der Waals surface area contributed by atoms with Gasteiger partial charge in [-0.05, 0) is 17.7 Å². The minimum absolute atomic E-state index is 0.367. The summed E-state index contributed by atoms with van der Waals surface area (Å²) in [6.07, 6.45) is 1.72. The van der Waals surface area contributed by atoms with Gasteiger partial charge in [0.05, 0.1) is 17.4 Å². The number of hydrogen-bond acceptors (Lipinski definition) is 4. The lowest BCUT2D eigenvalue weighted by Gasteiger charge is -2.01. The summed E-state index contributed by atoms with van der Waals surface area (Å²) in [5, 5.41) is 6.83. The van der Waals surface area contributed by atoms with Crippen LogP contribution in [0.3, 0.4) is 0 Å². The fraction of sp³-hybridized carbons (Fsp3) is 0.167. The standard InChI is InChI=1S/C12H12N4O2/c1-16-10-4-7(2-3-11(10)18-12(16)17)8-6-14-15-9(8)5-13/h2-4,6H,5,13H2,1H3,(H,14,15). The Morgan fingerprint density at radius 2 is 2.33 bits per heavy atom. The average molecular weight is 244 g/mol. The third-order valence-corrected chi connectivity index (χ3v) is 3.02. The molecular weight excluding hydrogens is 232 g/mol. The van der Waals surface area contributed by atoms with E-state index in [4.69, 9.17) is 10.2 Å². The van der Waals surface area contributed by atoms with E-state index in [0.29, 0.717) is 12.1 Å². The molecule has 18 heavy (non-hydrogen) atoms. The van der Waals surface area contributed by atoms with Crippen LogP contribution < -0.4 is 11.5 Å². The molecule has 0 aliphatic carbocycles. The first-order valence-corrected chi connectivity index (χ1v) is 5.53. The van der Waals surface area contributed by atoms with Crippen molar-refractivity contribution in [3.63, 3.8) is 0 Å². The van der Waals surface area contributed by atoms with Crippen molar-refractivity contribution in [2.45, 2.75) is 6.54 Å². The molecule has 2 aromatic heterocycles. The zero-order chi connectivity index (χ0) is 12.7. The SMILES string of the molecule is Cn1c(=O)oc2ccc(-c3cn[nH]c3CN)cc21. The number of H-pyrrole nitrogens is 1. The molecule has 1 aromatic carbocycles. The molecule has 0 spiro atoms. The Kier molecular flexibility index (Phi) is 2.31. The van der Waals surface area contributed by atoms with Crippen molar-refractivity contribution >= 4 is 11.1 Å². The molecule has 0 atom stereocenters. The zero-order valence-corrected chi connectivity index (χ0v) is 9.80. The van der Waals surface area contributed by atoms with Gasteiger partial charge in [-0.15, -0.1) is 0 Å². The van der Waals surface area contributed by atoms with Gasteiger partial charge in [0.2, 0.25) is 0 Å². The molecule has 0 fully saturated rings. The second-order valence-electron chi connectivity index (χ2n) is 4.08. The van der Waals surface area contributed by atoms with Crippen LogP contribution in [0.4, 0.5) is 0 Å². The van der Waals surface area contributed by atoms with E-state index in [-0.39, 0.29) is 5.76 Å². The first-order valence-electron chi connectivity index (χ1n) is 5.53. The van der Waals surface area contributed by atoms with E-state index in [0.717, 1.165) is 22.3 Å². The largest absolute Gasteiger partial charge is 0.419 e. The van der Waals surface area contributed by atoms with E-state index >= 15 is 0 Å². The van der Waals surface area contributed by atoms with Crippen LogP contribution in [0.15, 0.2) is 33.6 Å². The van der Waals surface area contributed by atoms with Gasteiger partial charge < -0.3 is 10.2 Å². The molecule has 6 heteroatoms. The molecule has 0 saturated carbocycles. The molecule has 3 aromatic rings. The average Bonchev–Trinajstić information content (AvgIpc) is 2.95. The summed E-state index contributed by atoms with van der Waals surface area (Å²) in [6.45, 7) is 0.387. The molecule has 0 aliphatic rings. The highest BCUT2D eigenvalue weighted by atomic mass is 16.4. The van der Waals surface area contributed by atoms with Gasteiger partial charge in [0.15, 0.2) is 5.58 Å². The number of nitrogens with zero attached hydrogens (tertiary/aromatic N) is 2. The molecular formula is C12H12N4O2. The number of oxazole rings is 1. The number of aromatic nitrogens is 3. The first-order chi connectivity index (χ1) is 8.70. The maximum Gasteiger partial charge on any atom is 0.419 e. The smallest absolute Gasteiger partial charge is 0.408 e. The molecule has 0 unspecified atom stereocenters. The highest BCUT2D eigenvalue weighted by Crippen LogP contribution is 2.25. The summed E-state index contributed by atoms with van der Waals surface area (Å²) in [7, 11) is 1.68. The summed E-state index contributed by atoms with van der Waals surface area (Å²) in [5.41, 5.74) is 9.71. The number of benzene rings is 1. The Labute approximate surface area is 102 Å². The van der Waals surface area contributed by atoms with E-state index in [1.165, 1.54) is 4.57 Å². The lowest BCUT2D eigenvalue weighted by atomic mass is 10.1. The van der Waals surface area contributed by atoms with Gasteiger partial charge in [-0.2, -0.15) is 5.10 Å². The molecule has 3 rings (SSSR count). The van der Waals surface area contributed by atoms with Crippen LogP contribution in [-0.2, 0) is 13.6 Å². The van der Waals surface area contributed by atoms with Gasteiger partial charge in [-0.1, -0.05) is 6.07 Å². The van der Waals surface area contributed by atoms with Crippen LogP contribution >= 0.6 is 0 Å². The summed E-state index contributed by atoms with van der Waals surface area (Å²) < 4.78 is 6.56. The predicted molar refractivity (Wildman–Crippen MR) is 66.9 cm³/mol. The van der Waals surface area contributed by atoms with Crippen LogP contribution in [0.1, 0.15) is 5.69 Å². The van der Waals surface area contributed by atoms with Crippen LogP contribution in [-0.4, -0.2) is 14.8 Å². The monoisotopic (exact) mass is 244 g/mol. The third-order valence-electron chi connectivity index (χ3n) is 3.02. The van der Waals surface area contributed by atoms with Gasteiger partial charge in [0, 0.05) is 19.2 Å². The van der Waals surface area contributed by atoms with Crippen molar-refractivity contribution in [2.24, 2.45) is 12.8 Å². The number of aromatic amines is 1. The Morgan fingerprint density at radius 3 is 3.11 bits per heavy atom. The van der Waals surface area contributed by atoms with E-state index in [2.05, 4.69) is 10.2 Å². The van der Waals surface area contributed by atoms with E-state index in [1.807, 2.05) is 12.1 Å². The topological polar surface area (TPSA) is 89.8 Å². The Balaban J connectivity index is 2.25. The molecule has 2 heterocycles. The van der Waals surface area contributed by atoms with Crippen LogP contribution in [0.5, 0.6) is 0 Å².